The van der Waals surface area contributed by atoms with Crippen LogP contribution >= 0.6 is 22.9 Å². The van der Waals surface area contributed by atoms with Gasteiger partial charge in [0.25, 0.3) is 0 Å². The van der Waals surface area contributed by atoms with Crippen molar-refractivity contribution < 1.29 is 4.79 Å². The van der Waals surface area contributed by atoms with Gasteiger partial charge in [0.2, 0.25) is 5.91 Å². The van der Waals surface area contributed by atoms with Crippen LogP contribution in [0.1, 0.15) is 24.1 Å². The van der Waals surface area contributed by atoms with Crippen molar-refractivity contribution in [3.63, 3.8) is 0 Å². The summed E-state index contributed by atoms with van der Waals surface area (Å²) in [6.45, 7) is 2.01. The topological polar surface area (TPSA) is 42.0 Å². The number of carbonyl (C=O) groups is 1. The van der Waals surface area contributed by atoms with E-state index in [4.69, 9.17) is 11.6 Å². The summed E-state index contributed by atoms with van der Waals surface area (Å²) >= 11 is 7.52. The lowest BCUT2D eigenvalue weighted by molar-refractivity contribution is -0.122. The van der Waals surface area contributed by atoms with E-state index in [0.717, 1.165) is 35.4 Å². The average molecular weight is 307 g/mol. The van der Waals surface area contributed by atoms with Gasteiger partial charge in [-0.15, -0.1) is 11.3 Å². The van der Waals surface area contributed by atoms with Crippen LogP contribution in [0.3, 0.4) is 0 Å². The highest BCUT2D eigenvalue weighted by Gasteiger charge is 2.26. The van der Waals surface area contributed by atoms with Crippen molar-refractivity contribution in [2.75, 3.05) is 5.32 Å². The molecule has 5 heteroatoms. The number of halogens is 1. The molecule has 0 bridgehead atoms. The Morgan fingerprint density at radius 3 is 2.90 bits per heavy atom. The molecule has 3 rings (SSSR count). The molecule has 20 heavy (non-hydrogen) atoms. The fraction of sp³-hybridized carbons (Fsp3) is 0.333. The summed E-state index contributed by atoms with van der Waals surface area (Å²) < 4.78 is 0. The van der Waals surface area contributed by atoms with Crippen LogP contribution < -0.4 is 5.32 Å². The lowest BCUT2D eigenvalue weighted by Gasteiger charge is -2.23. The molecule has 1 aromatic heterocycles. The molecule has 1 aliphatic carbocycles. The zero-order valence-corrected chi connectivity index (χ0v) is 12.7. The van der Waals surface area contributed by atoms with E-state index < -0.39 is 0 Å². The third kappa shape index (κ3) is 2.72. The number of hydrogen-bond donors (Lipinski definition) is 1. The first-order chi connectivity index (χ1) is 9.63. The SMILES string of the molecule is Cc1sc(NC(=O)C2CCC2)nc1-c1cccc(Cl)c1. The lowest BCUT2D eigenvalue weighted by atomic mass is 9.85. The standard InChI is InChI=1S/C15H15ClN2OS/c1-9-13(11-6-3-7-12(16)8-11)17-15(20-9)18-14(19)10-4-2-5-10/h3,6-8,10H,2,4-5H2,1H3,(H,17,18,19). The zero-order valence-electron chi connectivity index (χ0n) is 11.1. The van der Waals surface area contributed by atoms with Crippen LogP contribution in [-0.4, -0.2) is 10.9 Å². The van der Waals surface area contributed by atoms with Crippen molar-refractivity contribution in [1.29, 1.82) is 0 Å². The largest absolute Gasteiger partial charge is 0.302 e. The predicted octanol–water partition coefficient (Wildman–Crippen LogP) is 4.51. The summed E-state index contributed by atoms with van der Waals surface area (Å²) in [5.74, 6) is 0.275. The third-order valence-corrected chi connectivity index (χ3v) is 4.72. The molecule has 0 unspecified atom stereocenters. The molecule has 2 aromatic rings. The molecule has 1 saturated carbocycles. The molecule has 0 saturated heterocycles. The number of benzene rings is 1. The van der Waals surface area contributed by atoms with Crippen molar-refractivity contribution in [2.45, 2.75) is 26.2 Å². The molecule has 0 spiro atoms. The lowest BCUT2D eigenvalue weighted by Crippen LogP contribution is -2.27. The number of rotatable bonds is 3. The minimum absolute atomic E-state index is 0.0997. The number of hydrogen-bond acceptors (Lipinski definition) is 3. The van der Waals surface area contributed by atoms with Crippen molar-refractivity contribution in [3.05, 3.63) is 34.2 Å². The van der Waals surface area contributed by atoms with Gasteiger partial charge < -0.3 is 5.32 Å². The molecule has 1 heterocycles. The monoisotopic (exact) mass is 306 g/mol. The number of carbonyl (C=O) groups excluding carboxylic acids is 1. The smallest absolute Gasteiger partial charge is 0.229 e. The minimum Gasteiger partial charge on any atom is -0.302 e. The van der Waals surface area contributed by atoms with Crippen LogP contribution in [0.4, 0.5) is 5.13 Å². The van der Waals surface area contributed by atoms with E-state index in [-0.39, 0.29) is 11.8 Å². The number of aromatic nitrogens is 1. The number of nitrogens with zero attached hydrogens (tertiary/aromatic N) is 1. The fourth-order valence-corrected chi connectivity index (χ4v) is 3.26. The van der Waals surface area contributed by atoms with Gasteiger partial charge in [0.15, 0.2) is 5.13 Å². The first-order valence-electron chi connectivity index (χ1n) is 6.68. The molecule has 0 radical (unpaired) electrons. The molecule has 0 aliphatic heterocycles. The second-order valence-electron chi connectivity index (χ2n) is 5.05. The Labute approximate surface area is 127 Å². The zero-order chi connectivity index (χ0) is 14.1. The molecule has 104 valence electrons. The van der Waals surface area contributed by atoms with E-state index in [0.29, 0.717) is 10.2 Å². The van der Waals surface area contributed by atoms with Crippen molar-refractivity contribution in [1.82, 2.24) is 4.98 Å². The van der Waals surface area contributed by atoms with Crippen LogP contribution in [0.5, 0.6) is 0 Å². The van der Waals surface area contributed by atoms with Gasteiger partial charge >= 0.3 is 0 Å². The first-order valence-corrected chi connectivity index (χ1v) is 7.87. The van der Waals surface area contributed by atoms with Crippen LogP contribution in [-0.2, 0) is 4.79 Å². The molecule has 1 aliphatic rings. The Morgan fingerprint density at radius 2 is 2.25 bits per heavy atom. The summed E-state index contributed by atoms with van der Waals surface area (Å²) in [5, 5.41) is 4.29. The number of nitrogens with one attached hydrogen (secondary N) is 1. The summed E-state index contributed by atoms with van der Waals surface area (Å²) in [6, 6.07) is 7.61. The Morgan fingerprint density at radius 1 is 1.45 bits per heavy atom. The molecule has 1 N–H and O–H groups in total. The molecular formula is C15H15ClN2OS. The van der Waals surface area contributed by atoms with Crippen molar-refractivity contribution in [3.8, 4) is 11.3 Å². The number of anilines is 1. The van der Waals surface area contributed by atoms with E-state index in [1.807, 2.05) is 31.2 Å². The highest BCUT2D eigenvalue weighted by atomic mass is 35.5. The van der Waals surface area contributed by atoms with E-state index >= 15 is 0 Å². The van der Waals surface area contributed by atoms with Gasteiger partial charge in [-0.25, -0.2) is 4.98 Å². The Kier molecular flexibility index (Phi) is 3.76. The van der Waals surface area contributed by atoms with Crippen LogP contribution in [0, 0.1) is 12.8 Å². The summed E-state index contributed by atoms with van der Waals surface area (Å²) in [5.41, 5.74) is 1.87. The molecule has 1 amide bonds. The van der Waals surface area contributed by atoms with Gasteiger partial charge in [0.1, 0.15) is 0 Å². The van der Waals surface area contributed by atoms with Gasteiger partial charge in [0.05, 0.1) is 5.69 Å². The van der Waals surface area contributed by atoms with E-state index in [2.05, 4.69) is 10.3 Å². The van der Waals surface area contributed by atoms with Crippen molar-refractivity contribution in [2.24, 2.45) is 5.92 Å². The predicted molar refractivity (Wildman–Crippen MR) is 83.3 cm³/mol. The average Bonchev–Trinajstić information content (AvgIpc) is 2.67. The number of amides is 1. The molecule has 1 fully saturated rings. The molecule has 3 nitrogen and oxygen atoms in total. The minimum atomic E-state index is 0.0997. The van der Waals surface area contributed by atoms with E-state index in [1.165, 1.54) is 11.3 Å². The first kappa shape index (κ1) is 13.6. The van der Waals surface area contributed by atoms with E-state index in [9.17, 15) is 4.79 Å². The Balaban J connectivity index is 1.81. The Bertz CT molecular complexity index is 649. The highest BCUT2D eigenvalue weighted by Crippen LogP contribution is 2.33. The third-order valence-electron chi connectivity index (χ3n) is 3.60. The maximum absolute atomic E-state index is 11.9. The number of thiazole rings is 1. The fourth-order valence-electron chi connectivity index (χ4n) is 2.23. The van der Waals surface area contributed by atoms with Crippen LogP contribution in [0.25, 0.3) is 11.3 Å². The van der Waals surface area contributed by atoms with Gasteiger partial charge in [-0.3, -0.25) is 4.79 Å². The van der Waals surface area contributed by atoms with Gasteiger partial charge in [-0.1, -0.05) is 30.2 Å². The molecule has 1 aromatic carbocycles. The van der Waals surface area contributed by atoms with Gasteiger partial charge in [-0.2, -0.15) is 0 Å². The molecule has 0 atom stereocenters. The second-order valence-corrected chi connectivity index (χ2v) is 6.69. The number of aryl methyl sites for hydroxylation is 1. The maximum Gasteiger partial charge on any atom is 0.229 e. The summed E-state index contributed by atoms with van der Waals surface area (Å²) in [6.07, 6.45) is 3.15. The maximum atomic E-state index is 11.9. The summed E-state index contributed by atoms with van der Waals surface area (Å²) in [4.78, 5) is 17.5. The van der Waals surface area contributed by atoms with Crippen LogP contribution in [0.15, 0.2) is 24.3 Å². The summed E-state index contributed by atoms with van der Waals surface area (Å²) in [7, 11) is 0. The second kappa shape index (κ2) is 5.54. The van der Waals surface area contributed by atoms with Gasteiger partial charge in [0, 0.05) is 21.4 Å². The molecular weight excluding hydrogens is 292 g/mol. The normalized spacial score (nSPS) is 14.9. The quantitative estimate of drug-likeness (QED) is 0.906. The Hall–Kier alpha value is -1.39. The highest BCUT2D eigenvalue weighted by molar-refractivity contribution is 7.16. The van der Waals surface area contributed by atoms with E-state index in [1.54, 1.807) is 0 Å². The van der Waals surface area contributed by atoms with Gasteiger partial charge in [-0.05, 0) is 31.9 Å². The van der Waals surface area contributed by atoms with Crippen molar-refractivity contribution >= 4 is 34.0 Å². The van der Waals surface area contributed by atoms with Crippen LogP contribution in [0.2, 0.25) is 5.02 Å².